The Morgan fingerprint density at radius 1 is 0.905 bits per heavy atom. The van der Waals surface area contributed by atoms with Gasteiger partial charge in [-0.05, 0) is 74.4 Å². The zero-order valence-corrected chi connectivity index (χ0v) is 36.0. The number of aromatic amines is 1. The highest BCUT2D eigenvalue weighted by molar-refractivity contribution is 6.30. The van der Waals surface area contributed by atoms with Crippen LogP contribution in [-0.2, 0) is 19.2 Å². The maximum Gasteiger partial charge on any atom is 0.264 e. The van der Waals surface area contributed by atoms with Crippen LogP contribution >= 0.6 is 11.6 Å². The number of fused-ring (bicyclic) bond motifs is 2. The van der Waals surface area contributed by atoms with Crippen molar-refractivity contribution >= 4 is 69.6 Å². The normalized spacial score (nSPS) is 19.6. The van der Waals surface area contributed by atoms with Gasteiger partial charge in [-0.25, -0.2) is 9.97 Å². The summed E-state index contributed by atoms with van der Waals surface area (Å²) in [6, 6.07) is 13.3. The van der Waals surface area contributed by atoms with Crippen LogP contribution in [0.25, 0.3) is 11.0 Å². The number of nitrogens with one attached hydrogen (secondary N) is 4. The summed E-state index contributed by atoms with van der Waals surface area (Å²) in [5.74, 6) is -1.30. The second-order valence-corrected chi connectivity index (χ2v) is 17.4. The summed E-state index contributed by atoms with van der Waals surface area (Å²) in [7, 11) is 0. The molecule has 0 radical (unpaired) electrons. The fourth-order valence-electron chi connectivity index (χ4n) is 9.11. The third kappa shape index (κ3) is 9.70. The molecule has 63 heavy (non-hydrogen) atoms. The molecule has 18 heteroatoms. The summed E-state index contributed by atoms with van der Waals surface area (Å²) in [6.45, 7) is 5.28. The first-order chi connectivity index (χ1) is 30.5. The fraction of sp³-hybridized carbons (Fsp3) is 0.467. The van der Waals surface area contributed by atoms with Gasteiger partial charge in [0.2, 0.25) is 23.6 Å². The Hall–Kier alpha value is -5.91. The van der Waals surface area contributed by atoms with E-state index in [1.54, 1.807) is 24.5 Å². The third-order valence-electron chi connectivity index (χ3n) is 12.9. The van der Waals surface area contributed by atoms with Gasteiger partial charge in [-0.2, -0.15) is 0 Å². The van der Waals surface area contributed by atoms with E-state index in [-0.39, 0.29) is 41.8 Å². The van der Waals surface area contributed by atoms with Gasteiger partial charge in [0.05, 0.1) is 28.1 Å². The van der Waals surface area contributed by atoms with Crippen LogP contribution in [0.1, 0.15) is 96.5 Å². The maximum absolute atomic E-state index is 13.9. The number of amides is 6. The van der Waals surface area contributed by atoms with Gasteiger partial charge < -0.3 is 31.2 Å². The van der Waals surface area contributed by atoms with Crippen LogP contribution in [0.2, 0.25) is 5.02 Å². The Kier molecular flexibility index (Phi) is 13.3. The van der Waals surface area contributed by atoms with Crippen LogP contribution in [0.15, 0.2) is 61.1 Å². The van der Waals surface area contributed by atoms with Crippen LogP contribution in [0.5, 0.6) is 0 Å². The summed E-state index contributed by atoms with van der Waals surface area (Å²) >= 11 is 6.23. The van der Waals surface area contributed by atoms with Crippen molar-refractivity contribution in [1.29, 1.82) is 0 Å². The van der Waals surface area contributed by atoms with Gasteiger partial charge in [-0.15, -0.1) is 0 Å². The highest BCUT2D eigenvalue weighted by Gasteiger charge is 2.46. The van der Waals surface area contributed by atoms with Gasteiger partial charge >= 0.3 is 0 Å². The minimum atomic E-state index is -1.02. The minimum absolute atomic E-state index is 0.0662. The molecule has 0 bridgehead atoms. The number of anilines is 2. The predicted molar refractivity (Wildman–Crippen MR) is 237 cm³/mol. The molecule has 4 aromatic rings. The topological polar surface area (TPSA) is 219 Å². The lowest BCUT2D eigenvalue weighted by molar-refractivity contribution is -0.136. The van der Waals surface area contributed by atoms with E-state index in [2.05, 4.69) is 40.7 Å². The number of halogens is 1. The SMILES string of the molecule is NC1(C(=O)NC(CCN2CCN(C(=O)CCCCCCNc3cccc4c3C(=O)N(C3CCC(=O)NC3=O)C4=O)CC2)c2ccc(Cl)cc2)CCN(c2ncnc3[nH]ccc23)CC1. The molecule has 4 aliphatic rings. The Bertz CT molecular complexity index is 2360. The van der Waals surface area contributed by atoms with Gasteiger partial charge in [0.25, 0.3) is 11.8 Å². The number of hydrogen-bond donors (Lipinski definition) is 5. The number of imide groups is 2. The molecule has 2 aromatic heterocycles. The second-order valence-electron chi connectivity index (χ2n) is 16.9. The van der Waals surface area contributed by atoms with E-state index < -0.39 is 35.2 Å². The minimum Gasteiger partial charge on any atom is -0.384 e. The first-order valence-corrected chi connectivity index (χ1v) is 22.3. The number of H-pyrrole nitrogens is 1. The number of nitrogens with two attached hydrogens (primary N) is 1. The number of piperidine rings is 2. The summed E-state index contributed by atoms with van der Waals surface area (Å²) in [5, 5.41) is 10.4. The summed E-state index contributed by atoms with van der Waals surface area (Å²) < 4.78 is 0. The number of rotatable bonds is 16. The second kappa shape index (κ2) is 19.2. The molecule has 3 fully saturated rings. The smallest absolute Gasteiger partial charge is 0.264 e. The zero-order valence-electron chi connectivity index (χ0n) is 35.2. The van der Waals surface area contributed by atoms with Crippen LogP contribution in [0.3, 0.4) is 0 Å². The van der Waals surface area contributed by atoms with Crippen LogP contribution < -0.4 is 26.6 Å². The lowest BCUT2D eigenvalue weighted by atomic mass is 9.87. The number of benzene rings is 2. The van der Waals surface area contributed by atoms with Crippen molar-refractivity contribution in [3.63, 3.8) is 0 Å². The van der Waals surface area contributed by atoms with Gasteiger partial charge in [-0.3, -0.25) is 43.9 Å². The summed E-state index contributed by atoms with van der Waals surface area (Å²) in [6.07, 6.45) is 9.01. The van der Waals surface area contributed by atoms with E-state index in [1.165, 1.54) is 0 Å². The largest absolute Gasteiger partial charge is 0.384 e. The molecule has 8 rings (SSSR count). The number of unbranched alkanes of at least 4 members (excludes halogenated alkanes) is 3. The van der Waals surface area contributed by atoms with Crippen molar-refractivity contribution in [3.8, 4) is 0 Å². The quantitative estimate of drug-likeness (QED) is 0.0803. The lowest BCUT2D eigenvalue weighted by Crippen LogP contribution is -2.60. The Balaban J connectivity index is 0.745. The first kappa shape index (κ1) is 43.7. The van der Waals surface area contributed by atoms with Crippen molar-refractivity contribution in [2.24, 2.45) is 5.73 Å². The van der Waals surface area contributed by atoms with E-state index in [4.69, 9.17) is 17.3 Å². The van der Waals surface area contributed by atoms with Gasteiger partial charge in [-0.1, -0.05) is 42.6 Å². The molecule has 6 amide bonds. The number of carbonyl (C=O) groups is 6. The molecular formula is C45H54ClN11O6. The van der Waals surface area contributed by atoms with E-state index >= 15 is 0 Å². The molecule has 6 heterocycles. The first-order valence-electron chi connectivity index (χ1n) is 22.0. The molecular weight excluding hydrogens is 826 g/mol. The fourth-order valence-corrected chi connectivity index (χ4v) is 9.23. The molecule has 17 nitrogen and oxygen atoms in total. The molecule has 2 atom stereocenters. The average Bonchev–Trinajstić information content (AvgIpc) is 3.87. The Morgan fingerprint density at radius 2 is 1.67 bits per heavy atom. The predicted octanol–water partition coefficient (Wildman–Crippen LogP) is 3.76. The highest BCUT2D eigenvalue weighted by Crippen LogP contribution is 2.33. The van der Waals surface area contributed by atoms with Crippen molar-refractivity contribution in [3.05, 3.63) is 82.8 Å². The molecule has 332 valence electrons. The summed E-state index contributed by atoms with van der Waals surface area (Å²) in [5.41, 5.74) is 8.56. The standard InChI is InChI=1S/C45H54ClN11O6/c46-30-11-9-29(10-12-30)33(52-44(63)45(47)17-22-56(23-18-45)40-32-15-20-49-39(32)50-28-51-40)16-21-54-24-26-55(27-25-54)37(59)8-3-1-2-4-19-48-34-7-5-6-31-38(34)43(62)57(42(31)61)35-13-14-36(58)53-41(35)60/h5-7,9-12,15,20,28,33,35,48H,1-4,8,13-14,16-19,21-27,47H2,(H,52,63)(H,49,50,51)(H,53,58,60). The summed E-state index contributed by atoms with van der Waals surface area (Å²) in [4.78, 5) is 96.9. The van der Waals surface area contributed by atoms with Crippen LogP contribution in [-0.4, -0.2) is 129 Å². The Morgan fingerprint density at radius 3 is 2.43 bits per heavy atom. The number of aromatic nitrogens is 3. The van der Waals surface area contributed by atoms with Crippen molar-refractivity contribution < 1.29 is 28.8 Å². The van der Waals surface area contributed by atoms with Crippen molar-refractivity contribution in [2.75, 3.05) is 62.6 Å². The monoisotopic (exact) mass is 879 g/mol. The Labute approximate surface area is 370 Å². The molecule has 4 aliphatic heterocycles. The van der Waals surface area contributed by atoms with E-state index in [9.17, 15) is 28.8 Å². The third-order valence-corrected chi connectivity index (χ3v) is 13.1. The molecule has 6 N–H and O–H groups in total. The number of nitrogens with zero attached hydrogens (tertiary/aromatic N) is 6. The average molecular weight is 880 g/mol. The number of hydrogen-bond acceptors (Lipinski definition) is 12. The molecule has 0 saturated carbocycles. The van der Waals surface area contributed by atoms with Crippen molar-refractivity contribution in [1.82, 2.24) is 40.3 Å². The van der Waals surface area contributed by atoms with Gasteiger partial charge in [0, 0.05) is 82.1 Å². The van der Waals surface area contributed by atoms with E-state index in [1.807, 2.05) is 41.4 Å². The van der Waals surface area contributed by atoms with E-state index in [0.29, 0.717) is 69.1 Å². The molecule has 0 spiro atoms. The van der Waals surface area contributed by atoms with Crippen LogP contribution in [0.4, 0.5) is 11.5 Å². The zero-order chi connectivity index (χ0) is 44.1. The van der Waals surface area contributed by atoms with E-state index in [0.717, 1.165) is 72.6 Å². The molecule has 2 aromatic carbocycles. The van der Waals surface area contributed by atoms with Crippen LogP contribution in [0, 0.1) is 0 Å². The number of carbonyl (C=O) groups excluding carboxylic acids is 6. The molecule has 2 unspecified atom stereocenters. The lowest BCUT2D eigenvalue weighted by Gasteiger charge is -2.39. The van der Waals surface area contributed by atoms with Gasteiger partial charge in [0.1, 0.15) is 23.8 Å². The molecule has 0 aliphatic carbocycles. The molecule has 3 saturated heterocycles. The van der Waals surface area contributed by atoms with Gasteiger partial charge in [0.15, 0.2) is 0 Å². The van der Waals surface area contributed by atoms with Crippen molar-refractivity contribution in [2.45, 2.75) is 81.8 Å². The maximum atomic E-state index is 13.9. The highest BCUT2D eigenvalue weighted by atomic mass is 35.5. The number of piperazine rings is 1.